The molecular formula is C17H13Cl2FN2. The van der Waals surface area contributed by atoms with Gasteiger partial charge in [-0.3, -0.25) is 4.99 Å². The molecule has 0 amide bonds. The van der Waals surface area contributed by atoms with Crippen LogP contribution >= 0.6 is 23.2 Å². The van der Waals surface area contributed by atoms with Gasteiger partial charge in [-0.2, -0.15) is 0 Å². The predicted molar refractivity (Wildman–Crippen MR) is 90.5 cm³/mol. The van der Waals surface area contributed by atoms with Crippen LogP contribution in [0.3, 0.4) is 0 Å². The minimum atomic E-state index is -0.500. The molecule has 0 aromatic heterocycles. The van der Waals surface area contributed by atoms with Gasteiger partial charge in [0.05, 0.1) is 5.03 Å². The van der Waals surface area contributed by atoms with Gasteiger partial charge in [-0.1, -0.05) is 41.4 Å². The summed E-state index contributed by atoms with van der Waals surface area (Å²) in [5, 5.41) is 1.06. The van der Waals surface area contributed by atoms with Gasteiger partial charge in [0, 0.05) is 41.3 Å². The fourth-order valence-electron chi connectivity index (χ4n) is 2.52. The number of halogens is 3. The molecule has 0 bridgehead atoms. The molecule has 0 saturated heterocycles. The molecule has 112 valence electrons. The summed E-state index contributed by atoms with van der Waals surface area (Å²) >= 11 is 12.3. The average molecular weight is 335 g/mol. The summed E-state index contributed by atoms with van der Waals surface area (Å²) in [4.78, 5) is 6.34. The Morgan fingerprint density at radius 2 is 1.86 bits per heavy atom. The van der Waals surface area contributed by atoms with Crippen molar-refractivity contribution in [3.63, 3.8) is 0 Å². The van der Waals surface area contributed by atoms with Gasteiger partial charge in [0.25, 0.3) is 0 Å². The van der Waals surface area contributed by atoms with E-state index in [0.717, 1.165) is 11.3 Å². The number of benzene rings is 2. The average Bonchev–Trinajstić information content (AvgIpc) is 2.48. The standard InChI is InChI=1S/C17H13Cl2FN2/c1-22-10-12(19)9-21-17(13-4-2-3-5-15(13)20)14-8-11(18)6-7-16(14)22/h2-10,17H,1H3/b12-10+,21-9?. The number of rotatable bonds is 1. The summed E-state index contributed by atoms with van der Waals surface area (Å²) in [6.07, 6.45) is 3.30. The first-order valence-electron chi connectivity index (χ1n) is 6.73. The number of allylic oxidation sites excluding steroid dienone is 1. The Morgan fingerprint density at radius 3 is 2.64 bits per heavy atom. The van der Waals surface area contributed by atoms with Gasteiger partial charge in [0.1, 0.15) is 11.9 Å². The molecule has 2 aromatic rings. The first-order valence-corrected chi connectivity index (χ1v) is 7.49. The molecule has 0 aliphatic carbocycles. The van der Waals surface area contributed by atoms with Crippen molar-refractivity contribution >= 4 is 35.1 Å². The highest BCUT2D eigenvalue weighted by molar-refractivity contribution is 6.39. The molecule has 0 N–H and O–H groups in total. The molecule has 0 fully saturated rings. The SMILES string of the molecule is CN1/C=C(/Cl)C=NC(c2ccccc2F)c2cc(Cl)ccc21. The van der Waals surface area contributed by atoms with Gasteiger partial charge in [-0.25, -0.2) is 4.39 Å². The third kappa shape index (κ3) is 2.87. The number of hydrogen-bond acceptors (Lipinski definition) is 2. The summed E-state index contributed by atoms with van der Waals surface area (Å²) in [7, 11) is 1.88. The van der Waals surface area contributed by atoms with Gasteiger partial charge >= 0.3 is 0 Å². The molecule has 0 saturated carbocycles. The highest BCUT2D eigenvalue weighted by Crippen LogP contribution is 2.37. The van der Waals surface area contributed by atoms with Gasteiger partial charge in [0.15, 0.2) is 0 Å². The van der Waals surface area contributed by atoms with Gasteiger partial charge < -0.3 is 4.90 Å². The van der Waals surface area contributed by atoms with Crippen LogP contribution < -0.4 is 4.90 Å². The van der Waals surface area contributed by atoms with Crippen molar-refractivity contribution in [1.29, 1.82) is 0 Å². The zero-order chi connectivity index (χ0) is 15.7. The zero-order valence-electron chi connectivity index (χ0n) is 11.8. The normalized spacial score (nSPS) is 19.9. The number of nitrogens with zero attached hydrogens (tertiary/aromatic N) is 2. The van der Waals surface area contributed by atoms with Crippen LogP contribution in [0.5, 0.6) is 0 Å². The van der Waals surface area contributed by atoms with E-state index >= 15 is 0 Å². The Morgan fingerprint density at radius 1 is 1.09 bits per heavy atom. The molecule has 1 unspecified atom stereocenters. The maximum absolute atomic E-state index is 14.2. The summed E-state index contributed by atoms with van der Waals surface area (Å²) in [6, 6.07) is 11.6. The van der Waals surface area contributed by atoms with Crippen molar-refractivity contribution in [2.75, 3.05) is 11.9 Å². The van der Waals surface area contributed by atoms with Crippen molar-refractivity contribution in [2.24, 2.45) is 4.99 Å². The van der Waals surface area contributed by atoms with Crippen molar-refractivity contribution in [1.82, 2.24) is 0 Å². The van der Waals surface area contributed by atoms with Crippen LogP contribution in [0.2, 0.25) is 5.02 Å². The summed E-state index contributed by atoms with van der Waals surface area (Å²) < 4.78 is 14.2. The van der Waals surface area contributed by atoms with Crippen LogP contribution in [0.25, 0.3) is 0 Å². The molecule has 5 heteroatoms. The van der Waals surface area contributed by atoms with Crippen molar-refractivity contribution < 1.29 is 4.39 Å². The molecule has 0 radical (unpaired) electrons. The van der Waals surface area contributed by atoms with E-state index in [1.807, 2.05) is 24.1 Å². The van der Waals surface area contributed by atoms with Crippen molar-refractivity contribution in [3.8, 4) is 0 Å². The first kappa shape index (κ1) is 15.1. The van der Waals surface area contributed by atoms with E-state index in [1.54, 1.807) is 36.7 Å². The lowest BCUT2D eigenvalue weighted by molar-refractivity contribution is 0.600. The molecule has 2 nitrogen and oxygen atoms in total. The summed E-state index contributed by atoms with van der Waals surface area (Å²) in [5.41, 5.74) is 2.20. The number of fused-ring (bicyclic) bond motifs is 1. The second kappa shape index (κ2) is 6.11. The second-order valence-corrected chi connectivity index (χ2v) is 5.90. The van der Waals surface area contributed by atoms with Gasteiger partial charge in [-0.05, 0) is 24.3 Å². The van der Waals surface area contributed by atoms with Crippen LogP contribution in [-0.2, 0) is 0 Å². The van der Waals surface area contributed by atoms with Crippen LogP contribution in [0, 0.1) is 5.82 Å². The Bertz CT molecular complexity index is 771. The van der Waals surface area contributed by atoms with Crippen LogP contribution in [0.15, 0.2) is 58.7 Å². The Balaban J connectivity index is 2.25. The number of hydrogen-bond donors (Lipinski definition) is 0. The van der Waals surface area contributed by atoms with E-state index in [1.165, 1.54) is 6.07 Å². The molecule has 22 heavy (non-hydrogen) atoms. The summed E-state index contributed by atoms with van der Waals surface area (Å²) in [6.45, 7) is 0. The fraction of sp³-hybridized carbons (Fsp3) is 0.118. The molecule has 1 aliphatic rings. The summed E-state index contributed by atoms with van der Waals surface area (Å²) in [5.74, 6) is -0.307. The van der Waals surface area contributed by atoms with Gasteiger partial charge in [0.2, 0.25) is 0 Å². The van der Waals surface area contributed by atoms with E-state index < -0.39 is 6.04 Å². The lowest BCUT2D eigenvalue weighted by atomic mass is 9.96. The van der Waals surface area contributed by atoms with E-state index in [2.05, 4.69) is 4.99 Å². The second-order valence-electron chi connectivity index (χ2n) is 5.03. The molecule has 0 spiro atoms. The molecule has 1 heterocycles. The third-order valence-corrected chi connectivity index (χ3v) is 3.96. The van der Waals surface area contributed by atoms with E-state index in [-0.39, 0.29) is 5.82 Å². The Labute approximate surface area is 138 Å². The van der Waals surface area contributed by atoms with E-state index in [4.69, 9.17) is 23.2 Å². The van der Waals surface area contributed by atoms with E-state index in [0.29, 0.717) is 15.6 Å². The zero-order valence-corrected chi connectivity index (χ0v) is 13.3. The highest BCUT2D eigenvalue weighted by Gasteiger charge is 2.22. The number of anilines is 1. The highest BCUT2D eigenvalue weighted by atomic mass is 35.5. The molecule has 1 atom stereocenters. The van der Waals surface area contributed by atoms with Crippen LogP contribution in [0.1, 0.15) is 17.2 Å². The Kier molecular flexibility index (Phi) is 4.19. The first-order chi connectivity index (χ1) is 10.6. The minimum Gasteiger partial charge on any atom is -0.349 e. The van der Waals surface area contributed by atoms with Crippen molar-refractivity contribution in [2.45, 2.75) is 6.04 Å². The monoisotopic (exact) mass is 334 g/mol. The maximum Gasteiger partial charge on any atom is 0.128 e. The lowest BCUT2D eigenvalue weighted by Gasteiger charge is -2.25. The number of aliphatic imine (C=N–C) groups is 1. The predicted octanol–water partition coefficient (Wildman–Crippen LogP) is 5.17. The third-order valence-electron chi connectivity index (χ3n) is 3.53. The molecule has 3 rings (SSSR count). The smallest absolute Gasteiger partial charge is 0.128 e. The minimum absolute atomic E-state index is 0.307. The van der Waals surface area contributed by atoms with Crippen molar-refractivity contribution in [3.05, 3.63) is 75.7 Å². The maximum atomic E-state index is 14.2. The quantitative estimate of drug-likeness (QED) is 0.702. The fourth-order valence-corrected chi connectivity index (χ4v) is 2.91. The van der Waals surface area contributed by atoms with Crippen LogP contribution in [-0.4, -0.2) is 13.3 Å². The van der Waals surface area contributed by atoms with Gasteiger partial charge in [-0.15, -0.1) is 0 Å². The molecule has 2 aromatic carbocycles. The largest absolute Gasteiger partial charge is 0.349 e. The molecular weight excluding hydrogens is 322 g/mol. The lowest BCUT2D eigenvalue weighted by Crippen LogP contribution is -2.15. The Hall–Kier alpha value is -1.84. The van der Waals surface area contributed by atoms with E-state index in [9.17, 15) is 4.39 Å². The molecule has 1 aliphatic heterocycles. The van der Waals surface area contributed by atoms with Crippen LogP contribution in [0.4, 0.5) is 10.1 Å². The topological polar surface area (TPSA) is 15.6 Å².